The van der Waals surface area contributed by atoms with Gasteiger partial charge in [-0.3, -0.25) is 9.59 Å². The second-order valence-corrected chi connectivity index (χ2v) is 6.21. The highest BCUT2D eigenvalue weighted by Gasteiger charge is 2.55. The van der Waals surface area contributed by atoms with Crippen LogP contribution < -0.4 is 0 Å². The Morgan fingerprint density at radius 1 is 1.20 bits per heavy atom. The van der Waals surface area contributed by atoms with Gasteiger partial charge in [-0.15, -0.1) is 0 Å². The van der Waals surface area contributed by atoms with Gasteiger partial charge < -0.3 is 4.90 Å². The first-order valence-electron chi connectivity index (χ1n) is 7.41. The number of fused-ring (bicyclic) bond motifs is 1. The number of rotatable bonds is 1. The molecular weight excluding hydrogens is 250 g/mol. The molecular formula is C17H21NO2. The Morgan fingerprint density at radius 3 is 2.60 bits per heavy atom. The van der Waals surface area contributed by atoms with Crippen molar-refractivity contribution in [3.63, 3.8) is 0 Å². The molecule has 106 valence electrons. The van der Waals surface area contributed by atoms with E-state index in [0.717, 1.165) is 18.5 Å². The van der Waals surface area contributed by atoms with Crippen molar-refractivity contribution in [3.05, 3.63) is 35.9 Å². The summed E-state index contributed by atoms with van der Waals surface area (Å²) in [5.41, 5.74) is 0.600. The lowest BCUT2D eigenvalue weighted by Gasteiger charge is -2.51. The average Bonchev–Trinajstić information content (AvgIpc) is 2.48. The fourth-order valence-electron chi connectivity index (χ4n) is 4.14. The van der Waals surface area contributed by atoms with Gasteiger partial charge in [-0.2, -0.15) is 0 Å². The number of piperidine rings is 1. The number of hydrogen-bond donors (Lipinski definition) is 0. The van der Waals surface area contributed by atoms with Crippen LogP contribution in [0.4, 0.5) is 0 Å². The highest BCUT2D eigenvalue weighted by molar-refractivity contribution is 5.93. The van der Waals surface area contributed by atoms with Crippen molar-refractivity contribution in [2.24, 2.45) is 11.8 Å². The summed E-state index contributed by atoms with van der Waals surface area (Å²) in [5.74, 6) is 0.648. The highest BCUT2D eigenvalue weighted by atomic mass is 16.2. The molecule has 20 heavy (non-hydrogen) atoms. The molecule has 0 aromatic heterocycles. The molecule has 1 saturated heterocycles. The van der Waals surface area contributed by atoms with Gasteiger partial charge in [0.15, 0.2) is 0 Å². The van der Waals surface area contributed by atoms with E-state index in [2.05, 4.69) is 0 Å². The second-order valence-electron chi connectivity index (χ2n) is 6.21. The van der Waals surface area contributed by atoms with Crippen LogP contribution >= 0.6 is 0 Å². The number of amides is 1. The maximum Gasteiger partial charge on any atom is 0.233 e. The Hall–Kier alpha value is -1.64. The predicted octanol–water partition coefficient (Wildman–Crippen LogP) is 2.40. The molecule has 1 aliphatic heterocycles. The number of ketones is 1. The largest absolute Gasteiger partial charge is 0.345 e. The third kappa shape index (κ3) is 1.72. The number of likely N-dealkylation sites (N-methyl/N-ethyl adjacent to an activating group) is 1. The quantitative estimate of drug-likeness (QED) is 0.786. The molecule has 1 unspecified atom stereocenters. The highest BCUT2D eigenvalue weighted by Crippen LogP contribution is 2.50. The first kappa shape index (κ1) is 13.3. The minimum atomic E-state index is -0.485. The smallest absolute Gasteiger partial charge is 0.233 e. The van der Waals surface area contributed by atoms with E-state index in [0.29, 0.717) is 18.6 Å². The molecule has 3 atom stereocenters. The van der Waals surface area contributed by atoms with Crippen molar-refractivity contribution in [1.82, 2.24) is 4.90 Å². The standard InChI is InChI=1S/C17H21NO2/c1-12-14-9-11-18(2)16(20)17(14,10-8-15(12)19)13-6-4-3-5-7-13/h3-7,12,14H,8-11H2,1-2H3/t12-,14-,17?/m0/s1. The third-order valence-electron chi connectivity index (χ3n) is 5.30. The Balaban J connectivity index is 2.14. The van der Waals surface area contributed by atoms with E-state index < -0.39 is 5.41 Å². The van der Waals surface area contributed by atoms with Crippen LogP contribution in [0.5, 0.6) is 0 Å². The van der Waals surface area contributed by atoms with E-state index in [1.807, 2.05) is 49.2 Å². The van der Waals surface area contributed by atoms with E-state index in [1.165, 1.54) is 0 Å². The number of nitrogens with zero attached hydrogens (tertiary/aromatic N) is 1. The molecule has 2 aliphatic rings. The second kappa shape index (κ2) is 4.72. The molecule has 1 aromatic rings. The summed E-state index contributed by atoms with van der Waals surface area (Å²) < 4.78 is 0. The van der Waals surface area contributed by atoms with Gasteiger partial charge in [0.2, 0.25) is 5.91 Å². The SMILES string of the molecule is C[C@@H]1C(=O)CCC2(c3ccccc3)C(=O)N(C)CC[C@@H]12. The maximum absolute atomic E-state index is 12.9. The lowest BCUT2D eigenvalue weighted by molar-refractivity contribution is -0.150. The van der Waals surface area contributed by atoms with Gasteiger partial charge in [-0.1, -0.05) is 37.3 Å². The van der Waals surface area contributed by atoms with E-state index in [9.17, 15) is 9.59 Å². The van der Waals surface area contributed by atoms with Crippen molar-refractivity contribution in [1.29, 1.82) is 0 Å². The molecule has 1 aromatic carbocycles. The van der Waals surface area contributed by atoms with Crippen molar-refractivity contribution >= 4 is 11.7 Å². The molecule has 0 radical (unpaired) electrons. The number of Topliss-reactive ketones (excluding diaryl/α,β-unsaturated/α-hetero) is 1. The van der Waals surface area contributed by atoms with Crippen molar-refractivity contribution in [2.45, 2.75) is 31.6 Å². The maximum atomic E-state index is 12.9. The van der Waals surface area contributed by atoms with E-state index in [4.69, 9.17) is 0 Å². The third-order valence-corrected chi connectivity index (χ3v) is 5.30. The first-order valence-corrected chi connectivity index (χ1v) is 7.41. The van der Waals surface area contributed by atoms with Gasteiger partial charge >= 0.3 is 0 Å². The molecule has 3 rings (SSSR count). The van der Waals surface area contributed by atoms with E-state index in [-0.39, 0.29) is 17.7 Å². The molecule has 1 aliphatic carbocycles. The number of carbonyl (C=O) groups is 2. The van der Waals surface area contributed by atoms with Gasteiger partial charge in [0.25, 0.3) is 0 Å². The summed E-state index contributed by atoms with van der Waals surface area (Å²) >= 11 is 0. The number of carbonyl (C=O) groups excluding carboxylic acids is 2. The van der Waals surface area contributed by atoms with Crippen LogP contribution in [-0.4, -0.2) is 30.2 Å². The van der Waals surface area contributed by atoms with Gasteiger partial charge in [0.05, 0.1) is 5.41 Å². The van der Waals surface area contributed by atoms with E-state index >= 15 is 0 Å². The minimum absolute atomic E-state index is 0.0124. The van der Waals surface area contributed by atoms with Crippen molar-refractivity contribution in [2.75, 3.05) is 13.6 Å². The van der Waals surface area contributed by atoms with Crippen LogP contribution in [-0.2, 0) is 15.0 Å². The predicted molar refractivity (Wildman–Crippen MR) is 77.3 cm³/mol. The summed E-state index contributed by atoms with van der Waals surface area (Å²) in [7, 11) is 1.88. The Labute approximate surface area is 120 Å². The van der Waals surface area contributed by atoms with Crippen LogP contribution in [0.1, 0.15) is 31.7 Å². The normalized spacial score (nSPS) is 34.0. The van der Waals surface area contributed by atoms with Gasteiger partial charge in [-0.05, 0) is 24.3 Å². The number of likely N-dealkylation sites (tertiary alicyclic amines) is 1. The van der Waals surface area contributed by atoms with Crippen molar-refractivity contribution in [3.8, 4) is 0 Å². The van der Waals surface area contributed by atoms with Crippen LogP contribution in [0.15, 0.2) is 30.3 Å². The van der Waals surface area contributed by atoms with Gasteiger partial charge in [0.1, 0.15) is 5.78 Å². The topological polar surface area (TPSA) is 37.4 Å². The fraction of sp³-hybridized carbons (Fsp3) is 0.529. The molecule has 2 fully saturated rings. The molecule has 1 heterocycles. The fourth-order valence-corrected chi connectivity index (χ4v) is 4.14. The molecule has 0 bridgehead atoms. The molecule has 3 heteroatoms. The first-order chi connectivity index (χ1) is 9.57. The van der Waals surface area contributed by atoms with Crippen molar-refractivity contribution < 1.29 is 9.59 Å². The Kier molecular flexibility index (Phi) is 3.15. The van der Waals surface area contributed by atoms with Crippen LogP contribution in [0.3, 0.4) is 0 Å². The Bertz CT molecular complexity index is 539. The monoisotopic (exact) mass is 271 g/mol. The number of hydrogen-bond acceptors (Lipinski definition) is 2. The zero-order chi connectivity index (χ0) is 14.3. The lowest BCUT2D eigenvalue weighted by atomic mass is 9.55. The Morgan fingerprint density at radius 2 is 1.90 bits per heavy atom. The minimum Gasteiger partial charge on any atom is -0.345 e. The lowest BCUT2D eigenvalue weighted by Crippen LogP contribution is -2.59. The van der Waals surface area contributed by atoms with E-state index in [1.54, 1.807) is 0 Å². The molecule has 1 amide bonds. The summed E-state index contributed by atoms with van der Waals surface area (Å²) in [6, 6.07) is 10.1. The van der Waals surface area contributed by atoms with Crippen LogP contribution in [0.2, 0.25) is 0 Å². The summed E-state index contributed by atoms with van der Waals surface area (Å²) in [4.78, 5) is 26.9. The summed E-state index contributed by atoms with van der Waals surface area (Å²) in [6.07, 6.45) is 2.10. The molecule has 3 nitrogen and oxygen atoms in total. The molecule has 0 spiro atoms. The average molecular weight is 271 g/mol. The van der Waals surface area contributed by atoms with Crippen LogP contribution in [0.25, 0.3) is 0 Å². The molecule has 0 N–H and O–H groups in total. The van der Waals surface area contributed by atoms with Crippen LogP contribution in [0, 0.1) is 11.8 Å². The zero-order valence-corrected chi connectivity index (χ0v) is 12.1. The summed E-state index contributed by atoms with van der Waals surface area (Å²) in [5, 5.41) is 0. The van der Waals surface area contributed by atoms with Gasteiger partial charge in [-0.25, -0.2) is 0 Å². The zero-order valence-electron chi connectivity index (χ0n) is 12.1. The molecule has 1 saturated carbocycles. The van der Waals surface area contributed by atoms with Gasteiger partial charge in [0, 0.05) is 25.9 Å². The number of benzene rings is 1. The summed E-state index contributed by atoms with van der Waals surface area (Å²) in [6.45, 7) is 2.76.